The van der Waals surface area contributed by atoms with Gasteiger partial charge in [-0.1, -0.05) is 31.2 Å². The lowest BCUT2D eigenvalue weighted by atomic mass is 9.86. The lowest BCUT2D eigenvalue weighted by Gasteiger charge is -2.22. The van der Waals surface area contributed by atoms with E-state index in [2.05, 4.69) is 25.6 Å². The second-order valence-corrected chi connectivity index (χ2v) is 12.3. The molecule has 10 nitrogen and oxygen atoms in total. The summed E-state index contributed by atoms with van der Waals surface area (Å²) in [6, 6.07) is 7.81. The molecule has 2 heterocycles. The number of allylic oxidation sites excluding steroid dienone is 7. The maximum absolute atomic E-state index is 15.4. The second kappa shape index (κ2) is 17.4. The number of nitrogens with two attached hydrogens (primary N) is 2. The van der Waals surface area contributed by atoms with Gasteiger partial charge in [-0.3, -0.25) is 19.6 Å². The molecule has 2 atom stereocenters. The number of ketones is 1. The number of rotatable bonds is 15. The molecule has 0 spiro atoms. The maximum atomic E-state index is 15.4. The largest absolute Gasteiger partial charge is 0.436 e. The molecule has 1 unspecified atom stereocenters. The van der Waals surface area contributed by atoms with E-state index in [0.717, 1.165) is 11.3 Å². The van der Waals surface area contributed by atoms with E-state index >= 15 is 8.78 Å². The summed E-state index contributed by atoms with van der Waals surface area (Å²) in [5.41, 5.74) is 15.7. The van der Waals surface area contributed by atoms with Crippen molar-refractivity contribution in [2.75, 3.05) is 18.4 Å². The molecule has 2 aromatic carbocycles. The van der Waals surface area contributed by atoms with Crippen LogP contribution in [0.15, 0.2) is 99.9 Å². The van der Waals surface area contributed by atoms with Gasteiger partial charge in [0.05, 0.1) is 23.3 Å². The highest BCUT2D eigenvalue weighted by Crippen LogP contribution is 2.38. The molecule has 0 saturated carbocycles. The zero-order valence-corrected chi connectivity index (χ0v) is 28.8. The van der Waals surface area contributed by atoms with Crippen LogP contribution in [0.3, 0.4) is 0 Å². The third-order valence-corrected chi connectivity index (χ3v) is 8.54. The monoisotopic (exact) mass is 695 g/mol. The quantitative estimate of drug-likeness (QED) is 0.0740. The maximum Gasteiger partial charge on any atom is 0.236 e. The summed E-state index contributed by atoms with van der Waals surface area (Å²) in [5.74, 6) is -2.38. The number of anilines is 1. The first-order chi connectivity index (χ1) is 24.7. The van der Waals surface area contributed by atoms with Gasteiger partial charge in [-0.15, -0.1) is 0 Å². The minimum absolute atomic E-state index is 0.0120. The Morgan fingerprint density at radius 2 is 1.96 bits per heavy atom. The van der Waals surface area contributed by atoms with Crippen molar-refractivity contribution >= 4 is 40.4 Å². The number of benzene rings is 2. The Kier molecular flexibility index (Phi) is 12.6. The molecule has 5 rings (SSSR count). The van der Waals surface area contributed by atoms with Crippen LogP contribution in [0.25, 0.3) is 5.57 Å². The zero-order chi connectivity index (χ0) is 36.3. The van der Waals surface area contributed by atoms with Crippen LogP contribution in [-0.4, -0.2) is 48.3 Å². The molecule has 51 heavy (non-hydrogen) atoms. The number of carbonyl (C=O) groups is 2. The average molecular weight is 696 g/mol. The number of amidine groups is 1. The minimum Gasteiger partial charge on any atom is -0.436 e. The van der Waals surface area contributed by atoms with E-state index in [4.69, 9.17) is 16.2 Å². The lowest BCUT2D eigenvalue weighted by molar-refractivity contribution is -0.122. The highest BCUT2D eigenvalue weighted by atomic mass is 19.2. The Hall–Kier alpha value is -5.49. The molecule has 2 aliphatic heterocycles. The normalized spacial score (nSPS) is 17.1. The Balaban J connectivity index is 1.16. The third kappa shape index (κ3) is 9.40. The van der Waals surface area contributed by atoms with E-state index in [1.807, 2.05) is 49.4 Å². The van der Waals surface area contributed by atoms with Crippen LogP contribution in [-0.2, 0) is 11.2 Å². The number of hydrogen-bond donors (Lipinski definition) is 4. The Morgan fingerprint density at radius 3 is 2.76 bits per heavy atom. The fourth-order valence-electron chi connectivity index (χ4n) is 5.87. The number of carbonyl (C=O) groups excluding carboxylic acids is 2. The number of ether oxygens (including phenoxy) is 1. The first-order valence-corrected chi connectivity index (χ1v) is 17.1. The summed E-state index contributed by atoms with van der Waals surface area (Å²) in [4.78, 5) is 38.2. The molecule has 0 aromatic heterocycles. The summed E-state index contributed by atoms with van der Waals surface area (Å²) >= 11 is 0. The predicted octanol–water partition coefficient (Wildman–Crippen LogP) is 6.32. The predicted molar refractivity (Wildman–Crippen MR) is 199 cm³/mol. The van der Waals surface area contributed by atoms with Crippen molar-refractivity contribution in [3.05, 3.63) is 113 Å². The number of nitrogens with one attached hydrogen (secondary N) is 2. The Bertz CT molecular complexity index is 1900. The van der Waals surface area contributed by atoms with Crippen molar-refractivity contribution < 1.29 is 23.1 Å². The molecule has 12 heteroatoms. The van der Waals surface area contributed by atoms with Gasteiger partial charge in [-0.25, -0.2) is 9.38 Å². The number of fused-ring (bicyclic) bond motifs is 1. The Labute approximate surface area is 296 Å². The van der Waals surface area contributed by atoms with E-state index in [9.17, 15) is 9.59 Å². The molecular formula is C39H43F2N7O3. The van der Waals surface area contributed by atoms with E-state index in [0.29, 0.717) is 73.6 Å². The molecule has 1 aliphatic carbocycles. The van der Waals surface area contributed by atoms with Crippen LogP contribution in [0.1, 0.15) is 67.4 Å². The first-order valence-electron chi connectivity index (χ1n) is 17.1. The van der Waals surface area contributed by atoms with Gasteiger partial charge in [0, 0.05) is 54.6 Å². The number of Topliss-reactive ketones (excluding diaryl/α,β-unsaturated/α-hetero) is 1. The van der Waals surface area contributed by atoms with Gasteiger partial charge in [0.1, 0.15) is 0 Å². The smallest absolute Gasteiger partial charge is 0.236 e. The van der Waals surface area contributed by atoms with E-state index in [-0.39, 0.29) is 35.3 Å². The van der Waals surface area contributed by atoms with Crippen LogP contribution in [0.2, 0.25) is 0 Å². The standard InChI is InChI=1S/C39H43F2N7O3/c1-3-25-22-26(15-16-27(25)33(49)13-9-21-46-39(50)31(43)11-8-20-44-24(2)42)48-32-12-7-10-29-30(23-47-38(29)32)28-17-18-34(37(41)36(28)40)51-35-14-5-4-6-19-45-35/h5-7,10,12,14-19,22-23,29,31,48H,3-4,8-9,11,13,20-21,43H2,1-2H3,(H2,42,44)(H,46,50)/t29?,31-/m1/s1. The molecule has 2 aromatic rings. The fourth-order valence-corrected chi connectivity index (χ4v) is 5.87. The fraction of sp³-hybridized carbons (Fsp3) is 0.308. The van der Waals surface area contributed by atoms with Crippen LogP contribution >= 0.6 is 0 Å². The van der Waals surface area contributed by atoms with Crippen molar-refractivity contribution in [3.8, 4) is 5.75 Å². The van der Waals surface area contributed by atoms with Gasteiger partial charge in [0.25, 0.3) is 0 Å². The molecule has 0 bridgehead atoms. The van der Waals surface area contributed by atoms with Gasteiger partial charge in [-0.05, 0) is 92.6 Å². The summed E-state index contributed by atoms with van der Waals surface area (Å²) in [5, 5.41) is 6.21. The molecule has 0 saturated heterocycles. The van der Waals surface area contributed by atoms with E-state index in [1.54, 1.807) is 31.5 Å². The van der Waals surface area contributed by atoms with Crippen LogP contribution in [0, 0.1) is 17.6 Å². The lowest BCUT2D eigenvalue weighted by Crippen LogP contribution is -2.41. The number of halogens is 2. The average Bonchev–Trinajstić information content (AvgIpc) is 3.39. The van der Waals surface area contributed by atoms with Crippen LogP contribution in [0.4, 0.5) is 14.5 Å². The number of aryl methyl sites for hydroxylation is 1. The number of nitrogens with zero attached hydrogens (tertiary/aromatic N) is 3. The van der Waals surface area contributed by atoms with Gasteiger partial charge in [0.2, 0.25) is 17.6 Å². The number of amides is 1. The highest BCUT2D eigenvalue weighted by Gasteiger charge is 2.31. The van der Waals surface area contributed by atoms with Crippen molar-refractivity contribution in [2.45, 2.75) is 58.4 Å². The number of aliphatic imine (C=N–C) groups is 3. The van der Waals surface area contributed by atoms with Crippen molar-refractivity contribution in [1.82, 2.24) is 5.32 Å². The molecule has 3 aliphatic rings. The van der Waals surface area contributed by atoms with Crippen LogP contribution < -0.4 is 26.8 Å². The van der Waals surface area contributed by atoms with Gasteiger partial charge < -0.3 is 26.8 Å². The summed E-state index contributed by atoms with van der Waals surface area (Å²) in [6.07, 6.45) is 17.2. The zero-order valence-electron chi connectivity index (χ0n) is 28.8. The first kappa shape index (κ1) is 36.8. The van der Waals surface area contributed by atoms with Crippen molar-refractivity contribution in [3.63, 3.8) is 0 Å². The summed E-state index contributed by atoms with van der Waals surface area (Å²) in [7, 11) is 0. The van der Waals surface area contributed by atoms with Gasteiger partial charge in [-0.2, -0.15) is 4.39 Å². The molecule has 0 radical (unpaired) electrons. The molecular weight excluding hydrogens is 652 g/mol. The number of hydrogen-bond acceptors (Lipinski definition) is 8. The Morgan fingerprint density at radius 1 is 1.12 bits per heavy atom. The highest BCUT2D eigenvalue weighted by molar-refractivity contribution is 6.14. The van der Waals surface area contributed by atoms with E-state index < -0.39 is 23.6 Å². The topological polar surface area (TPSA) is 157 Å². The summed E-state index contributed by atoms with van der Waals surface area (Å²) in [6.45, 7) is 4.57. The molecule has 266 valence electrons. The SMILES string of the molecule is CCc1cc(NC2=CC=CC3C(c4ccc(OC5=NC=CCC=C5)c(F)c4F)=CN=C23)ccc1C(=O)CCCNC(=O)[C@H](N)CCCN=C(C)N. The molecule has 1 amide bonds. The molecule has 0 fully saturated rings. The minimum atomic E-state index is -1.11. The van der Waals surface area contributed by atoms with Gasteiger partial charge in [0.15, 0.2) is 17.3 Å². The summed E-state index contributed by atoms with van der Waals surface area (Å²) < 4.78 is 36.2. The van der Waals surface area contributed by atoms with Crippen molar-refractivity contribution in [2.24, 2.45) is 32.4 Å². The second-order valence-electron chi connectivity index (χ2n) is 12.3. The molecule has 6 N–H and O–H groups in total. The van der Waals surface area contributed by atoms with Gasteiger partial charge >= 0.3 is 0 Å². The van der Waals surface area contributed by atoms with Crippen molar-refractivity contribution in [1.29, 1.82) is 0 Å². The van der Waals surface area contributed by atoms with E-state index in [1.165, 1.54) is 12.1 Å². The van der Waals surface area contributed by atoms with Crippen LogP contribution in [0.5, 0.6) is 5.75 Å². The third-order valence-electron chi connectivity index (χ3n) is 8.54.